The summed E-state index contributed by atoms with van der Waals surface area (Å²) in [6, 6.07) is 5.77. The van der Waals surface area contributed by atoms with Gasteiger partial charge in [-0.05, 0) is 34.5 Å². The van der Waals surface area contributed by atoms with Gasteiger partial charge in [0.2, 0.25) is 0 Å². The molecule has 0 N–H and O–H groups in total. The lowest BCUT2D eigenvalue weighted by molar-refractivity contribution is 0.0109. The number of rotatable bonds is 11. The number of hydrogen-bond acceptors (Lipinski definition) is 1. The highest BCUT2D eigenvalue weighted by Gasteiger charge is 2.42. The Balaban J connectivity index is 1.82. The summed E-state index contributed by atoms with van der Waals surface area (Å²) in [7, 11) is 0. The molecule has 0 aromatic heterocycles. The van der Waals surface area contributed by atoms with E-state index in [4.69, 9.17) is 4.74 Å². The molecule has 1 aliphatic rings. The Morgan fingerprint density at radius 3 is 2.30 bits per heavy atom. The van der Waals surface area contributed by atoms with Gasteiger partial charge in [-0.1, -0.05) is 76.1 Å². The van der Waals surface area contributed by atoms with Gasteiger partial charge in [-0.15, -0.1) is 0 Å². The number of unbranched alkanes of at least 4 members (excludes halogenated alkanes) is 7. The minimum absolute atomic E-state index is 0.0477. The molecule has 1 aromatic carbocycles. The summed E-state index contributed by atoms with van der Waals surface area (Å²) >= 11 is 3.18. The van der Waals surface area contributed by atoms with Crippen LogP contribution in [0.25, 0.3) is 5.57 Å². The van der Waals surface area contributed by atoms with Gasteiger partial charge in [-0.3, -0.25) is 0 Å². The minimum atomic E-state index is -2.02. The molecule has 1 nitrogen and oxygen atoms in total. The number of alkyl halides is 2. The molecule has 2 atom stereocenters. The van der Waals surface area contributed by atoms with Crippen LogP contribution in [0.3, 0.4) is 0 Å². The zero-order valence-electron chi connectivity index (χ0n) is 15.8. The third kappa shape index (κ3) is 6.21. The Labute approximate surface area is 168 Å². The van der Waals surface area contributed by atoms with E-state index in [1.807, 2.05) is 0 Å². The molecule has 0 saturated carbocycles. The summed E-state index contributed by atoms with van der Waals surface area (Å²) in [6.07, 6.45) is 9.98. The first kappa shape index (κ1) is 22.2. The van der Waals surface area contributed by atoms with Crippen molar-refractivity contribution < 1.29 is 17.9 Å². The predicted octanol–water partition coefficient (Wildman–Crippen LogP) is 7.66. The van der Waals surface area contributed by atoms with Gasteiger partial charge in [0, 0.05) is 17.7 Å². The van der Waals surface area contributed by atoms with Crippen molar-refractivity contribution in [2.45, 2.75) is 69.0 Å². The molecule has 0 bridgehead atoms. The predicted molar refractivity (Wildman–Crippen MR) is 109 cm³/mol. The topological polar surface area (TPSA) is 9.23 Å². The van der Waals surface area contributed by atoms with Crippen molar-refractivity contribution in [1.82, 2.24) is 0 Å². The maximum Gasteiger partial charge on any atom is 0.194 e. The highest BCUT2D eigenvalue weighted by molar-refractivity contribution is 9.10. The number of hydrogen-bond donors (Lipinski definition) is 0. The SMILES string of the molecule is CCCCCCCCCCOC1(Br)C=CC(c2ccccc2F)=C(F)C1F. The van der Waals surface area contributed by atoms with Crippen molar-refractivity contribution in [2.75, 3.05) is 6.61 Å². The van der Waals surface area contributed by atoms with Crippen molar-refractivity contribution in [3.8, 4) is 0 Å². The molecular formula is C22H28BrF3O. The van der Waals surface area contributed by atoms with E-state index in [1.54, 1.807) is 6.07 Å². The molecule has 0 fully saturated rings. The Kier molecular flexibility index (Phi) is 9.10. The molecule has 27 heavy (non-hydrogen) atoms. The largest absolute Gasteiger partial charge is 0.356 e. The quantitative estimate of drug-likeness (QED) is 0.251. The van der Waals surface area contributed by atoms with Crippen molar-refractivity contribution >= 4 is 21.5 Å². The number of allylic oxidation sites excluding steroid dienone is 2. The summed E-state index contributed by atoms with van der Waals surface area (Å²) in [4.78, 5) is 0. The van der Waals surface area contributed by atoms with Gasteiger partial charge in [0.1, 0.15) is 11.6 Å². The van der Waals surface area contributed by atoms with Crippen LogP contribution in [0.2, 0.25) is 0 Å². The van der Waals surface area contributed by atoms with E-state index < -0.39 is 22.3 Å². The van der Waals surface area contributed by atoms with Crippen molar-refractivity contribution in [2.24, 2.45) is 0 Å². The Morgan fingerprint density at radius 2 is 1.63 bits per heavy atom. The van der Waals surface area contributed by atoms with Crippen LogP contribution < -0.4 is 0 Å². The second-order valence-electron chi connectivity index (χ2n) is 6.96. The van der Waals surface area contributed by atoms with Crippen molar-refractivity contribution in [1.29, 1.82) is 0 Å². The molecule has 0 spiro atoms. The summed E-state index contributed by atoms with van der Waals surface area (Å²) in [5.41, 5.74) is -0.0297. The lowest BCUT2D eigenvalue weighted by Crippen LogP contribution is -2.37. The Hall–Kier alpha value is -1.07. The maximum absolute atomic E-state index is 14.7. The molecule has 2 rings (SSSR count). The van der Waals surface area contributed by atoms with Gasteiger partial charge in [-0.25, -0.2) is 13.2 Å². The molecule has 1 aromatic rings. The number of benzene rings is 1. The molecule has 0 aliphatic heterocycles. The van der Waals surface area contributed by atoms with Gasteiger partial charge in [0.05, 0.1) is 0 Å². The zero-order chi connectivity index (χ0) is 19.7. The lowest BCUT2D eigenvalue weighted by atomic mass is 9.95. The molecule has 2 unspecified atom stereocenters. The van der Waals surface area contributed by atoms with Crippen molar-refractivity contribution in [3.63, 3.8) is 0 Å². The fourth-order valence-electron chi connectivity index (χ4n) is 3.15. The van der Waals surface area contributed by atoms with Crippen LogP contribution in [0.1, 0.15) is 63.9 Å². The van der Waals surface area contributed by atoms with Gasteiger partial charge >= 0.3 is 0 Å². The van der Waals surface area contributed by atoms with E-state index in [-0.39, 0.29) is 11.1 Å². The van der Waals surface area contributed by atoms with E-state index >= 15 is 0 Å². The van der Waals surface area contributed by atoms with Crippen molar-refractivity contribution in [3.05, 3.63) is 53.6 Å². The van der Waals surface area contributed by atoms with E-state index in [0.717, 1.165) is 19.3 Å². The minimum Gasteiger partial charge on any atom is -0.356 e. The van der Waals surface area contributed by atoms with E-state index in [1.165, 1.54) is 62.5 Å². The Bertz CT molecular complexity index is 659. The first-order valence-electron chi connectivity index (χ1n) is 9.80. The van der Waals surface area contributed by atoms with E-state index in [9.17, 15) is 13.2 Å². The highest BCUT2D eigenvalue weighted by Crippen LogP contribution is 2.41. The zero-order valence-corrected chi connectivity index (χ0v) is 17.4. The average molecular weight is 445 g/mol. The molecule has 0 saturated heterocycles. The summed E-state index contributed by atoms with van der Waals surface area (Å²) in [6.45, 7) is 2.54. The summed E-state index contributed by atoms with van der Waals surface area (Å²) in [5.74, 6) is -1.60. The fraction of sp³-hybridized carbons (Fsp3) is 0.545. The maximum atomic E-state index is 14.7. The molecule has 0 radical (unpaired) electrons. The van der Waals surface area contributed by atoms with E-state index in [0.29, 0.717) is 6.61 Å². The first-order valence-corrected chi connectivity index (χ1v) is 10.6. The molecule has 1 aliphatic carbocycles. The summed E-state index contributed by atoms with van der Waals surface area (Å²) in [5, 5.41) is 0. The molecule has 0 heterocycles. The third-order valence-corrected chi connectivity index (χ3v) is 5.68. The second kappa shape index (κ2) is 11.1. The van der Waals surface area contributed by atoms with Crippen LogP contribution in [-0.2, 0) is 4.74 Å². The normalized spacial score (nSPS) is 22.5. The standard InChI is InChI=1S/C22H28BrF3O/c1-2-3-4-5-6-7-8-11-16-27-22(23)15-14-18(20(25)21(22)26)17-12-9-10-13-19(17)24/h9-10,12-15,21H,2-8,11,16H2,1H3. The van der Waals surface area contributed by atoms with Crippen LogP contribution in [0, 0.1) is 5.82 Å². The first-order chi connectivity index (χ1) is 13.0. The van der Waals surface area contributed by atoms with Gasteiger partial charge in [0.15, 0.2) is 10.7 Å². The molecule has 150 valence electrons. The second-order valence-corrected chi connectivity index (χ2v) is 8.20. The molecule has 5 heteroatoms. The Morgan fingerprint density at radius 1 is 1.00 bits per heavy atom. The number of ether oxygens (including phenoxy) is 1. The van der Waals surface area contributed by atoms with Crippen LogP contribution in [0.4, 0.5) is 13.2 Å². The van der Waals surface area contributed by atoms with Crippen LogP contribution in [0.5, 0.6) is 0 Å². The smallest absolute Gasteiger partial charge is 0.194 e. The van der Waals surface area contributed by atoms with Gasteiger partial charge in [0.25, 0.3) is 0 Å². The highest BCUT2D eigenvalue weighted by atomic mass is 79.9. The number of halogens is 4. The van der Waals surface area contributed by atoms with Crippen LogP contribution in [0.15, 0.2) is 42.2 Å². The van der Waals surface area contributed by atoms with Gasteiger partial charge < -0.3 is 4.74 Å². The molecular weight excluding hydrogens is 417 g/mol. The van der Waals surface area contributed by atoms with E-state index in [2.05, 4.69) is 22.9 Å². The van der Waals surface area contributed by atoms with Crippen LogP contribution >= 0.6 is 15.9 Å². The monoisotopic (exact) mass is 444 g/mol. The fourth-order valence-corrected chi connectivity index (χ4v) is 3.65. The van der Waals surface area contributed by atoms with Gasteiger partial charge in [-0.2, -0.15) is 0 Å². The lowest BCUT2D eigenvalue weighted by Gasteiger charge is -2.31. The summed E-state index contributed by atoms with van der Waals surface area (Å²) < 4.78 is 47.2. The third-order valence-electron chi connectivity index (χ3n) is 4.79. The van der Waals surface area contributed by atoms with Crippen LogP contribution in [-0.4, -0.2) is 17.3 Å². The molecule has 0 amide bonds. The average Bonchev–Trinajstić information content (AvgIpc) is 2.66.